The van der Waals surface area contributed by atoms with Crippen LogP contribution < -0.4 is 5.32 Å². The maximum absolute atomic E-state index is 11.4. The van der Waals surface area contributed by atoms with Gasteiger partial charge in [0.2, 0.25) is 10.0 Å². The van der Waals surface area contributed by atoms with Crippen molar-refractivity contribution in [3.63, 3.8) is 0 Å². The van der Waals surface area contributed by atoms with E-state index in [0.717, 1.165) is 30.9 Å². The van der Waals surface area contributed by atoms with E-state index < -0.39 is 10.0 Å². The third kappa shape index (κ3) is 5.99. The highest BCUT2D eigenvalue weighted by Crippen LogP contribution is 2.12. The van der Waals surface area contributed by atoms with Crippen LogP contribution in [0.15, 0.2) is 6.20 Å². The first kappa shape index (κ1) is 16.6. The Bertz CT molecular complexity index is 471. The Morgan fingerprint density at radius 3 is 2.68 bits per heavy atom. The SMILES string of the molecule is CCc1ncc(CNCCCN(CC)S(C)(=O)=O)s1. The molecule has 0 atom stereocenters. The van der Waals surface area contributed by atoms with E-state index in [1.165, 1.54) is 15.4 Å². The van der Waals surface area contributed by atoms with E-state index in [9.17, 15) is 8.42 Å². The lowest BCUT2D eigenvalue weighted by molar-refractivity contribution is 0.419. The monoisotopic (exact) mass is 305 g/mol. The molecule has 1 rings (SSSR count). The summed E-state index contributed by atoms with van der Waals surface area (Å²) < 4.78 is 24.3. The predicted molar refractivity (Wildman–Crippen MR) is 79.9 cm³/mol. The van der Waals surface area contributed by atoms with E-state index in [1.54, 1.807) is 11.3 Å². The van der Waals surface area contributed by atoms with Crippen molar-refractivity contribution in [2.24, 2.45) is 0 Å². The average Bonchev–Trinajstić information content (AvgIpc) is 2.80. The van der Waals surface area contributed by atoms with Crippen LogP contribution in [0.2, 0.25) is 0 Å². The molecule has 0 unspecified atom stereocenters. The molecule has 1 aromatic heterocycles. The molecule has 5 nitrogen and oxygen atoms in total. The molecule has 0 bridgehead atoms. The third-order valence-corrected chi connectivity index (χ3v) is 5.31. The van der Waals surface area contributed by atoms with Gasteiger partial charge < -0.3 is 5.32 Å². The molecule has 7 heteroatoms. The van der Waals surface area contributed by atoms with Gasteiger partial charge in [-0.3, -0.25) is 0 Å². The summed E-state index contributed by atoms with van der Waals surface area (Å²) in [6.45, 7) is 6.69. The fourth-order valence-electron chi connectivity index (χ4n) is 1.74. The van der Waals surface area contributed by atoms with Gasteiger partial charge in [0.1, 0.15) is 0 Å². The molecule has 0 aliphatic carbocycles. The van der Waals surface area contributed by atoms with Crippen LogP contribution in [-0.2, 0) is 23.0 Å². The number of nitrogens with zero attached hydrogens (tertiary/aromatic N) is 2. The van der Waals surface area contributed by atoms with Gasteiger partial charge in [-0.25, -0.2) is 17.7 Å². The number of thiazole rings is 1. The van der Waals surface area contributed by atoms with E-state index in [0.29, 0.717) is 13.1 Å². The molecule has 1 aromatic rings. The molecular formula is C12H23N3O2S2. The van der Waals surface area contributed by atoms with Gasteiger partial charge in [0.25, 0.3) is 0 Å². The molecule has 0 spiro atoms. The molecule has 110 valence electrons. The molecule has 19 heavy (non-hydrogen) atoms. The maximum atomic E-state index is 11.4. The van der Waals surface area contributed by atoms with Crippen LogP contribution in [0.1, 0.15) is 30.2 Å². The van der Waals surface area contributed by atoms with E-state index in [1.807, 2.05) is 13.1 Å². The minimum Gasteiger partial charge on any atom is -0.312 e. The highest BCUT2D eigenvalue weighted by Gasteiger charge is 2.12. The number of rotatable bonds is 9. The molecule has 0 aromatic carbocycles. The van der Waals surface area contributed by atoms with Crippen molar-refractivity contribution in [2.75, 3.05) is 25.9 Å². The fraction of sp³-hybridized carbons (Fsp3) is 0.750. The highest BCUT2D eigenvalue weighted by atomic mass is 32.2. The Morgan fingerprint density at radius 2 is 2.16 bits per heavy atom. The smallest absolute Gasteiger partial charge is 0.211 e. The molecule has 0 aliphatic rings. The van der Waals surface area contributed by atoms with Crippen molar-refractivity contribution in [3.8, 4) is 0 Å². The normalized spacial score (nSPS) is 12.2. The number of aryl methyl sites for hydroxylation is 1. The minimum absolute atomic E-state index is 0.535. The lowest BCUT2D eigenvalue weighted by atomic mass is 10.4. The summed E-state index contributed by atoms with van der Waals surface area (Å²) in [5.41, 5.74) is 0. The fourth-order valence-corrected chi connectivity index (χ4v) is 3.51. The molecule has 0 saturated carbocycles. The Hall–Kier alpha value is -0.500. The number of hydrogen-bond donors (Lipinski definition) is 1. The van der Waals surface area contributed by atoms with E-state index in [4.69, 9.17) is 0 Å². The first-order valence-corrected chi connectivity index (χ1v) is 9.23. The van der Waals surface area contributed by atoms with E-state index >= 15 is 0 Å². The molecule has 0 saturated heterocycles. The van der Waals surface area contributed by atoms with Crippen LogP contribution in [0.3, 0.4) is 0 Å². The van der Waals surface area contributed by atoms with Crippen LogP contribution in [-0.4, -0.2) is 43.6 Å². The molecule has 1 N–H and O–H groups in total. The zero-order valence-electron chi connectivity index (χ0n) is 11.8. The molecule has 0 amide bonds. The standard InChI is InChI=1S/C12H23N3O2S2/c1-4-12-14-10-11(18-12)9-13-7-6-8-15(5-2)19(3,16)17/h10,13H,4-9H2,1-3H3. The Balaban J connectivity index is 2.20. The zero-order valence-corrected chi connectivity index (χ0v) is 13.5. The lowest BCUT2D eigenvalue weighted by Gasteiger charge is -2.17. The summed E-state index contributed by atoms with van der Waals surface area (Å²) in [5.74, 6) is 0. The maximum Gasteiger partial charge on any atom is 0.211 e. The van der Waals surface area contributed by atoms with Crippen molar-refractivity contribution >= 4 is 21.4 Å². The van der Waals surface area contributed by atoms with Gasteiger partial charge in [-0.1, -0.05) is 13.8 Å². The van der Waals surface area contributed by atoms with Crippen molar-refractivity contribution in [1.82, 2.24) is 14.6 Å². The van der Waals surface area contributed by atoms with Crippen molar-refractivity contribution < 1.29 is 8.42 Å². The quantitative estimate of drug-likeness (QED) is 0.702. The van der Waals surface area contributed by atoms with Crippen molar-refractivity contribution in [1.29, 1.82) is 0 Å². The van der Waals surface area contributed by atoms with Gasteiger partial charge in [0.05, 0.1) is 11.3 Å². The Labute approximate surface area is 120 Å². The summed E-state index contributed by atoms with van der Waals surface area (Å²) >= 11 is 1.73. The number of nitrogens with one attached hydrogen (secondary N) is 1. The van der Waals surface area contributed by atoms with Crippen LogP contribution in [0.5, 0.6) is 0 Å². The van der Waals surface area contributed by atoms with Crippen molar-refractivity contribution in [2.45, 2.75) is 33.2 Å². The summed E-state index contributed by atoms with van der Waals surface area (Å²) in [6, 6.07) is 0. The highest BCUT2D eigenvalue weighted by molar-refractivity contribution is 7.88. The second-order valence-electron chi connectivity index (χ2n) is 4.36. The average molecular weight is 305 g/mol. The van der Waals surface area contributed by atoms with Gasteiger partial charge in [-0.2, -0.15) is 0 Å². The van der Waals surface area contributed by atoms with Crippen LogP contribution in [0.25, 0.3) is 0 Å². The van der Waals surface area contributed by atoms with Gasteiger partial charge in [0.15, 0.2) is 0 Å². The topological polar surface area (TPSA) is 62.3 Å². The number of sulfonamides is 1. The minimum atomic E-state index is -3.06. The summed E-state index contributed by atoms with van der Waals surface area (Å²) in [4.78, 5) is 5.53. The first-order chi connectivity index (χ1) is 8.97. The molecule has 0 radical (unpaired) electrons. The van der Waals surface area contributed by atoms with Gasteiger partial charge >= 0.3 is 0 Å². The second kappa shape index (κ2) is 7.94. The zero-order chi connectivity index (χ0) is 14.3. The van der Waals surface area contributed by atoms with Crippen LogP contribution in [0, 0.1) is 0 Å². The lowest BCUT2D eigenvalue weighted by Crippen LogP contribution is -2.32. The predicted octanol–water partition coefficient (Wildman–Crippen LogP) is 1.47. The van der Waals surface area contributed by atoms with Gasteiger partial charge in [-0.05, 0) is 19.4 Å². The van der Waals surface area contributed by atoms with Crippen molar-refractivity contribution in [3.05, 3.63) is 16.1 Å². The van der Waals surface area contributed by atoms with Gasteiger partial charge in [-0.15, -0.1) is 11.3 Å². The number of hydrogen-bond acceptors (Lipinski definition) is 5. The van der Waals surface area contributed by atoms with Crippen LogP contribution in [0.4, 0.5) is 0 Å². The van der Waals surface area contributed by atoms with E-state index in [2.05, 4.69) is 17.2 Å². The Morgan fingerprint density at radius 1 is 1.42 bits per heavy atom. The summed E-state index contributed by atoms with van der Waals surface area (Å²) in [6.07, 6.45) is 4.96. The summed E-state index contributed by atoms with van der Waals surface area (Å²) in [7, 11) is -3.06. The second-order valence-corrected chi connectivity index (χ2v) is 7.54. The van der Waals surface area contributed by atoms with Crippen LogP contribution >= 0.6 is 11.3 Å². The van der Waals surface area contributed by atoms with E-state index in [-0.39, 0.29) is 0 Å². The molecule has 0 fully saturated rings. The third-order valence-electron chi connectivity index (χ3n) is 2.79. The molecule has 0 aliphatic heterocycles. The summed E-state index contributed by atoms with van der Waals surface area (Å²) in [5, 5.41) is 4.48. The largest absolute Gasteiger partial charge is 0.312 e. The Kier molecular flexibility index (Phi) is 6.92. The molecular weight excluding hydrogens is 282 g/mol. The van der Waals surface area contributed by atoms with Gasteiger partial charge in [0, 0.05) is 30.7 Å². The number of aromatic nitrogens is 1. The molecule has 1 heterocycles. The first-order valence-electron chi connectivity index (χ1n) is 6.56.